The van der Waals surface area contributed by atoms with Gasteiger partial charge in [-0.3, -0.25) is 4.72 Å². The first-order valence-corrected chi connectivity index (χ1v) is 9.31. The van der Waals surface area contributed by atoms with Crippen LogP contribution in [-0.4, -0.2) is 15.5 Å². The minimum Gasteiger partial charge on any atom is -0.491 e. The summed E-state index contributed by atoms with van der Waals surface area (Å²) in [7, 11) is -3.09. The standard InChI is InChI=1S/C19H13F4NO3S/c1-27-19-16(22)7-11(8-17(19)23)13-9-14(20)15(21)10-18(13)24-28(25,26)12-5-3-2-4-6-12/h2-10,24H,1H3. The van der Waals surface area contributed by atoms with Gasteiger partial charge in [-0.15, -0.1) is 0 Å². The Balaban J connectivity index is 2.15. The average Bonchev–Trinajstić information content (AvgIpc) is 2.64. The molecule has 0 saturated carbocycles. The molecule has 0 aromatic heterocycles. The molecule has 1 N–H and O–H groups in total. The van der Waals surface area contributed by atoms with E-state index in [0.717, 1.165) is 19.2 Å². The Bertz CT molecular complexity index is 1110. The van der Waals surface area contributed by atoms with Crippen LogP contribution in [0.5, 0.6) is 5.75 Å². The number of ether oxygens (including phenoxy) is 1. The third-order valence-electron chi connectivity index (χ3n) is 3.87. The van der Waals surface area contributed by atoms with Gasteiger partial charge in [-0.05, 0) is 35.9 Å². The fourth-order valence-corrected chi connectivity index (χ4v) is 3.68. The molecule has 0 aliphatic carbocycles. The van der Waals surface area contributed by atoms with Crippen molar-refractivity contribution >= 4 is 15.7 Å². The third kappa shape index (κ3) is 3.79. The van der Waals surface area contributed by atoms with E-state index in [4.69, 9.17) is 0 Å². The molecule has 0 aliphatic rings. The Hall–Kier alpha value is -3.07. The van der Waals surface area contributed by atoms with E-state index >= 15 is 0 Å². The van der Waals surface area contributed by atoms with Crippen molar-refractivity contribution < 1.29 is 30.7 Å². The fourth-order valence-electron chi connectivity index (χ4n) is 2.58. The number of anilines is 1. The summed E-state index contributed by atoms with van der Waals surface area (Å²) >= 11 is 0. The first-order chi connectivity index (χ1) is 13.2. The van der Waals surface area contributed by atoms with Crippen molar-refractivity contribution in [2.75, 3.05) is 11.8 Å². The van der Waals surface area contributed by atoms with Gasteiger partial charge in [0.1, 0.15) is 0 Å². The first-order valence-electron chi connectivity index (χ1n) is 7.83. The molecule has 3 aromatic rings. The highest BCUT2D eigenvalue weighted by Crippen LogP contribution is 2.35. The Kier molecular flexibility index (Phi) is 5.28. The molecule has 0 atom stereocenters. The van der Waals surface area contributed by atoms with Crippen LogP contribution in [0.1, 0.15) is 0 Å². The molecule has 28 heavy (non-hydrogen) atoms. The summed E-state index contributed by atoms with van der Waals surface area (Å²) in [5, 5.41) is 0. The van der Waals surface area contributed by atoms with Crippen LogP contribution in [0.15, 0.2) is 59.5 Å². The summed E-state index contributed by atoms with van der Waals surface area (Å²) in [6, 6.07) is 10.1. The molecule has 3 aromatic carbocycles. The Labute approximate surface area is 158 Å². The topological polar surface area (TPSA) is 55.4 Å². The molecule has 3 rings (SSSR count). The number of hydrogen-bond acceptors (Lipinski definition) is 3. The van der Waals surface area contributed by atoms with Crippen LogP contribution in [0.4, 0.5) is 23.2 Å². The molecule has 0 saturated heterocycles. The SMILES string of the molecule is COc1c(F)cc(-c2cc(F)c(F)cc2NS(=O)(=O)c2ccccc2)cc1F. The Morgan fingerprint density at radius 1 is 0.821 bits per heavy atom. The van der Waals surface area contributed by atoms with Crippen molar-refractivity contribution in [2.45, 2.75) is 4.90 Å². The van der Waals surface area contributed by atoms with Gasteiger partial charge in [0.25, 0.3) is 10.0 Å². The lowest BCUT2D eigenvalue weighted by molar-refractivity contribution is 0.360. The predicted molar refractivity (Wildman–Crippen MR) is 95.5 cm³/mol. The van der Waals surface area contributed by atoms with Crippen LogP contribution in [0.25, 0.3) is 11.1 Å². The molecule has 0 spiro atoms. The number of benzene rings is 3. The van der Waals surface area contributed by atoms with Gasteiger partial charge < -0.3 is 4.74 Å². The number of halogens is 4. The van der Waals surface area contributed by atoms with Gasteiger partial charge in [-0.2, -0.15) is 0 Å². The Morgan fingerprint density at radius 2 is 1.39 bits per heavy atom. The minimum absolute atomic E-state index is 0.127. The van der Waals surface area contributed by atoms with Gasteiger partial charge in [0.15, 0.2) is 29.0 Å². The van der Waals surface area contributed by atoms with E-state index in [9.17, 15) is 26.0 Å². The van der Waals surface area contributed by atoms with E-state index in [1.165, 1.54) is 24.3 Å². The zero-order chi connectivity index (χ0) is 20.5. The summed E-state index contributed by atoms with van der Waals surface area (Å²) in [6.07, 6.45) is 0. The molecule has 0 bridgehead atoms. The summed E-state index contributed by atoms with van der Waals surface area (Å²) in [5.41, 5.74) is -0.842. The maximum Gasteiger partial charge on any atom is 0.261 e. The lowest BCUT2D eigenvalue weighted by atomic mass is 10.0. The van der Waals surface area contributed by atoms with Crippen molar-refractivity contribution in [1.82, 2.24) is 0 Å². The highest BCUT2D eigenvalue weighted by atomic mass is 32.2. The average molecular weight is 411 g/mol. The van der Waals surface area contributed by atoms with E-state index in [1.807, 2.05) is 0 Å². The molecule has 146 valence electrons. The molecule has 0 heterocycles. The van der Waals surface area contributed by atoms with Crippen LogP contribution < -0.4 is 9.46 Å². The van der Waals surface area contributed by atoms with E-state index in [1.54, 1.807) is 6.07 Å². The van der Waals surface area contributed by atoms with Gasteiger partial charge in [-0.25, -0.2) is 26.0 Å². The summed E-state index contributed by atoms with van der Waals surface area (Å²) in [4.78, 5) is -0.127. The van der Waals surface area contributed by atoms with E-state index in [2.05, 4.69) is 9.46 Å². The zero-order valence-electron chi connectivity index (χ0n) is 14.3. The summed E-state index contributed by atoms with van der Waals surface area (Å²) < 4.78 is 87.4. The van der Waals surface area contributed by atoms with Crippen LogP contribution in [0.3, 0.4) is 0 Å². The molecule has 0 aliphatic heterocycles. The number of nitrogens with one attached hydrogen (secondary N) is 1. The normalized spacial score (nSPS) is 11.3. The maximum atomic E-state index is 14.0. The second kappa shape index (κ2) is 7.51. The van der Waals surface area contributed by atoms with Crippen molar-refractivity contribution in [1.29, 1.82) is 0 Å². The highest BCUT2D eigenvalue weighted by molar-refractivity contribution is 7.92. The number of sulfonamides is 1. The number of hydrogen-bond donors (Lipinski definition) is 1. The van der Waals surface area contributed by atoms with Crippen molar-refractivity contribution in [3.05, 3.63) is 77.9 Å². The molecule has 9 heteroatoms. The maximum absolute atomic E-state index is 14.0. The van der Waals surface area contributed by atoms with Gasteiger partial charge in [0.05, 0.1) is 17.7 Å². The first kappa shape index (κ1) is 19.7. The summed E-state index contributed by atoms with van der Waals surface area (Å²) in [5.74, 6) is -5.46. The van der Waals surface area contributed by atoms with E-state index < -0.39 is 39.0 Å². The fraction of sp³-hybridized carbons (Fsp3) is 0.0526. The van der Waals surface area contributed by atoms with Crippen molar-refractivity contribution in [3.8, 4) is 16.9 Å². The van der Waals surface area contributed by atoms with Gasteiger partial charge in [-0.1, -0.05) is 18.2 Å². The minimum atomic E-state index is -4.16. The molecule has 0 amide bonds. The van der Waals surface area contributed by atoms with Crippen LogP contribution in [-0.2, 0) is 10.0 Å². The van der Waals surface area contributed by atoms with Crippen LogP contribution in [0, 0.1) is 23.3 Å². The van der Waals surface area contributed by atoms with Gasteiger partial charge in [0.2, 0.25) is 0 Å². The van der Waals surface area contributed by atoms with E-state index in [-0.39, 0.29) is 21.7 Å². The van der Waals surface area contributed by atoms with Crippen molar-refractivity contribution in [3.63, 3.8) is 0 Å². The molecular weight excluding hydrogens is 398 g/mol. The lowest BCUT2D eigenvalue weighted by Crippen LogP contribution is -2.14. The van der Waals surface area contributed by atoms with Crippen LogP contribution in [0.2, 0.25) is 0 Å². The molecule has 4 nitrogen and oxygen atoms in total. The lowest BCUT2D eigenvalue weighted by Gasteiger charge is -2.15. The van der Waals surface area contributed by atoms with Crippen molar-refractivity contribution in [2.24, 2.45) is 0 Å². The van der Waals surface area contributed by atoms with Crippen LogP contribution >= 0.6 is 0 Å². The second-order valence-corrected chi connectivity index (χ2v) is 7.39. The summed E-state index contributed by atoms with van der Waals surface area (Å²) in [6.45, 7) is 0. The largest absolute Gasteiger partial charge is 0.491 e. The quantitative estimate of drug-likeness (QED) is 0.618. The molecule has 0 unspecified atom stereocenters. The van der Waals surface area contributed by atoms with Gasteiger partial charge >= 0.3 is 0 Å². The Morgan fingerprint density at radius 3 is 1.96 bits per heavy atom. The number of methoxy groups -OCH3 is 1. The van der Waals surface area contributed by atoms with Gasteiger partial charge in [0, 0.05) is 11.6 Å². The highest BCUT2D eigenvalue weighted by Gasteiger charge is 2.21. The van der Waals surface area contributed by atoms with E-state index in [0.29, 0.717) is 12.1 Å². The molecular formula is C19H13F4NO3S. The second-order valence-electron chi connectivity index (χ2n) is 5.70. The third-order valence-corrected chi connectivity index (χ3v) is 5.25. The predicted octanol–water partition coefficient (Wildman–Crippen LogP) is 4.72. The molecule has 0 fully saturated rings. The smallest absolute Gasteiger partial charge is 0.261 e. The monoisotopic (exact) mass is 411 g/mol. The molecule has 0 radical (unpaired) electrons. The zero-order valence-corrected chi connectivity index (χ0v) is 15.2. The number of rotatable bonds is 5.